The molecule has 1 amide bonds. The van der Waals surface area contributed by atoms with Gasteiger partial charge in [0.1, 0.15) is 5.82 Å². The van der Waals surface area contributed by atoms with Crippen molar-refractivity contribution in [1.82, 2.24) is 16.0 Å². The Kier molecular flexibility index (Phi) is 8.46. The van der Waals surface area contributed by atoms with Crippen molar-refractivity contribution in [3.8, 4) is 0 Å². The quantitative estimate of drug-likeness (QED) is 0.481. The van der Waals surface area contributed by atoms with Crippen molar-refractivity contribution in [3.05, 3.63) is 71.0 Å². The molecule has 0 aliphatic heterocycles. The smallest absolute Gasteiger partial charge is 0.251 e. The minimum atomic E-state index is -0.239. The topological polar surface area (TPSA) is 65.5 Å². The molecule has 2 aromatic carbocycles. The van der Waals surface area contributed by atoms with E-state index in [1.807, 2.05) is 51.1 Å². The third kappa shape index (κ3) is 6.68. The number of nitrogens with one attached hydrogen (secondary N) is 3. The summed E-state index contributed by atoms with van der Waals surface area (Å²) < 4.78 is 13.7. The van der Waals surface area contributed by atoms with Crippen LogP contribution in [-0.2, 0) is 13.1 Å². The SMILES string of the molecule is CCNC(=NCc1ccc(C(=O)NC(C)CC)cc1)NCc1ccccc1F. The van der Waals surface area contributed by atoms with E-state index in [2.05, 4.69) is 20.9 Å². The summed E-state index contributed by atoms with van der Waals surface area (Å²) in [4.78, 5) is 16.7. The second kappa shape index (κ2) is 11.1. The van der Waals surface area contributed by atoms with Gasteiger partial charge in [0, 0.05) is 30.3 Å². The van der Waals surface area contributed by atoms with Crippen LogP contribution in [0.3, 0.4) is 0 Å². The highest BCUT2D eigenvalue weighted by atomic mass is 19.1. The Morgan fingerprint density at radius 2 is 1.79 bits per heavy atom. The van der Waals surface area contributed by atoms with Crippen molar-refractivity contribution in [2.24, 2.45) is 4.99 Å². The number of amides is 1. The first-order chi connectivity index (χ1) is 13.5. The van der Waals surface area contributed by atoms with Crippen LogP contribution in [-0.4, -0.2) is 24.5 Å². The maximum absolute atomic E-state index is 13.7. The van der Waals surface area contributed by atoms with Crippen molar-refractivity contribution in [1.29, 1.82) is 0 Å². The predicted molar refractivity (Wildman–Crippen MR) is 112 cm³/mol. The standard InChI is InChI=1S/C22H29FN4O/c1-4-16(3)27-21(28)18-12-10-17(11-13-18)14-25-22(24-5-2)26-15-19-8-6-7-9-20(19)23/h6-13,16H,4-5,14-15H2,1-3H3,(H,27,28)(H2,24,25,26). The number of carbonyl (C=O) groups excluding carboxylic acids is 1. The van der Waals surface area contributed by atoms with Crippen LogP contribution in [0.15, 0.2) is 53.5 Å². The van der Waals surface area contributed by atoms with Crippen LogP contribution < -0.4 is 16.0 Å². The molecule has 6 heteroatoms. The molecule has 1 atom stereocenters. The van der Waals surface area contributed by atoms with Crippen LogP contribution in [0, 0.1) is 5.82 Å². The molecule has 0 saturated heterocycles. The van der Waals surface area contributed by atoms with Gasteiger partial charge in [-0.25, -0.2) is 9.38 Å². The molecule has 1 unspecified atom stereocenters. The molecule has 0 bridgehead atoms. The third-order valence-corrected chi connectivity index (χ3v) is 4.37. The summed E-state index contributed by atoms with van der Waals surface area (Å²) in [5.74, 6) is 0.311. The first-order valence-corrected chi connectivity index (χ1v) is 9.68. The number of guanidine groups is 1. The molecule has 0 saturated carbocycles. The molecular weight excluding hydrogens is 355 g/mol. The Hall–Kier alpha value is -2.89. The molecule has 0 aromatic heterocycles. The van der Waals surface area contributed by atoms with Crippen LogP contribution in [0.4, 0.5) is 4.39 Å². The van der Waals surface area contributed by atoms with Crippen LogP contribution in [0.1, 0.15) is 48.7 Å². The summed E-state index contributed by atoms with van der Waals surface area (Å²) in [5.41, 5.74) is 2.21. The monoisotopic (exact) mass is 384 g/mol. The van der Waals surface area contributed by atoms with Gasteiger partial charge in [0.05, 0.1) is 6.54 Å². The Morgan fingerprint density at radius 3 is 2.43 bits per heavy atom. The van der Waals surface area contributed by atoms with E-state index in [1.54, 1.807) is 12.1 Å². The average Bonchev–Trinajstić information content (AvgIpc) is 2.71. The summed E-state index contributed by atoms with van der Waals surface area (Å²) in [6.45, 7) is 7.52. The lowest BCUT2D eigenvalue weighted by Gasteiger charge is -2.12. The number of benzene rings is 2. The summed E-state index contributed by atoms with van der Waals surface area (Å²) in [6, 6.07) is 14.2. The fourth-order valence-corrected chi connectivity index (χ4v) is 2.50. The number of carbonyl (C=O) groups is 1. The lowest BCUT2D eigenvalue weighted by Crippen LogP contribution is -2.37. The van der Waals surface area contributed by atoms with Gasteiger partial charge in [-0.15, -0.1) is 0 Å². The van der Waals surface area contributed by atoms with Gasteiger partial charge in [-0.1, -0.05) is 37.3 Å². The number of hydrogen-bond acceptors (Lipinski definition) is 2. The lowest BCUT2D eigenvalue weighted by atomic mass is 10.1. The van der Waals surface area contributed by atoms with Crippen molar-refractivity contribution < 1.29 is 9.18 Å². The summed E-state index contributed by atoms with van der Waals surface area (Å²) in [6.07, 6.45) is 0.894. The van der Waals surface area contributed by atoms with Crippen molar-refractivity contribution >= 4 is 11.9 Å². The van der Waals surface area contributed by atoms with Gasteiger partial charge in [-0.3, -0.25) is 4.79 Å². The van der Waals surface area contributed by atoms with E-state index >= 15 is 0 Å². The number of rotatable bonds is 8. The Morgan fingerprint density at radius 1 is 1.07 bits per heavy atom. The van der Waals surface area contributed by atoms with Gasteiger partial charge >= 0.3 is 0 Å². The van der Waals surface area contributed by atoms with Gasteiger partial charge < -0.3 is 16.0 Å². The minimum Gasteiger partial charge on any atom is -0.357 e. The fourth-order valence-electron chi connectivity index (χ4n) is 2.50. The van der Waals surface area contributed by atoms with Crippen LogP contribution >= 0.6 is 0 Å². The maximum atomic E-state index is 13.7. The number of halogens is 1. The van der Waals surface area contributed by atoms with Gasteiger partial charge in [-0.2, -0.15) is 0 Å². The summed E-state index contributed by atoms with van der Waals surface area (Å²) in [7, 11) is 0. The normalized spacial score (nSPS) is 12.4. The average molecular weight is 384 g/mol. The minimum absolute atomic E-state index is 0.0655. The molecule has 3 N–H and O–H groups in total. The second-order valence-electron chi connectivity index (χ2n) is 6.62. The highest BCUT2D eigenvalue weighted by Gasteiger charge is 2.08. The molecule has 28 heavy (non-hydrogen) atoms. The second-order valence-corrected chi connectivity index (χ2v) is 6.62. The fraction of sp³-hybridized carbons (Fsp3) is 0.364. The zero-order valence-electron chi connectivity index (χ0n) is 16.8. The zero-order valence-corrected chi connectivity index (χ0v) is 16.8. The molecule has 0 fully saturated rings. The first-order valence-electron chi connectivity index (χ1n) is 9.68. The zero-order chi connectivity index (χ0) is 20.4. The summed E-state index contributed by atoms with van der Waals surface area (Å²) in [5, 5.41) is 9.24. The molecule has 0 radical (unpaired) electrons. The number of aliphatic imine (C=N–C) groups is 1. The number of nitrogens with zero attached hydrogens (tertiary/aromatic N) is 1. The highest BCUT2D eigenvalue weighted by molar-refractivity contribution is 5.94. The predicted octanol–water partition coefficient (Wildman–Crippen LogP) is 3.61. The Balaban J connectivity index is 1.96. The van der Waals surface area contributed by atoms with Crippen LogP contribution in [0.25, 0.3) is 0 Å². The van der Waals surface area contributed by atoms with E-state index in [4.69, 9.17) is 0 Å². The van der Waals surface area contributed by atoms with E-state index in [1.165, 1.54) is 6.07 Å². The molecular formula is C22H29FN4O. The van der Waals surface area contributed by atoms with Gasteiger partial charge in [0.15, 0.2) is 5.96 Å². The van der Waals surface area contributed by atoms with E-state index in [9.17, 15) is 9.18 Å². The van der Waals surface area contributed by atoms with Gasteiger partial charge in [0.2, 0.25) is 0 Å². The highest BCUT2D eigenvalue weighted by Crippen LogP contribution is 2.08. The van der Waals surface area contributed by atoms with Crippen molar-refractivity contribution in [3.63, 3.8) is 0 Å². The van der Waals surface area contributed by atoms with Gasteiger partial charge in [0.25, 0.3) is 5.91 Å². The van der Waals surface area contributed by atoms with Crippen molar-refractivity contribution in [2.45, 2.75) is 46.3 Å². The Bertz CT molecular complexity index is 789. The number of hydrogen-bond donors (Lipinski definition) is 3. The molecule has 150 valence electrons. The van der Waals surface area contributed by atoms with E-state index in [0.717, 1.165) is 12.0 Å². The van der Waals surface area contributed by atoms with Gasteiger partial charge in [-0.05, 0) is 44.0 Å². The van der Waals surface area contributed by atoms with E-state index < -0.39 is 0 Å². The van der Waals surface area contributed by atoms with Crippen molar-refractivity contribution in [2.75, 3.05) is 6.54 Å². The maximum Gasteiger partial charge on any atom is 0.251 e. The van der Waals surface area contributed by atoms with Crippen LogP contribution in [0.2, 0.25) is 0 Å². The lowest BCUT2D eigenvalue weighted by molar-refractivity contribution is 0.0939. The third-order valence-electron chi connectivity index (χ3n) is 4.37. The molecule has 5 nitrogen and oxygen atoms in total. The van der Waals surface area contributed by atoms with E-state index in [-0.39, 0.29) is 17.8 Å². The Labute approximate surface area is 166 Å². The largest absolute Gasteiger partial charge is 0.357 e. The molecule has 0 spiro atoms. The molecule has 2 aromatic rings. The van der Waals surface area contributed by atoms with E-state index in [0.29, 0.717) is 36.7 Å². The molecule has 2 rings (SSSR count). The summed E-state index contributed by atoms with van der Waals surface area (Å²) >= 11 is 0. The first kappa shape index (κ1) is 21.4. The molecule has 0 heterocycles. The molecule has 0 aliphatic rings. The molecule has 0 aliphatic carbocycles. The van der Waals surface area contributed by atoms with Crippen LogP contribution in [0.5, 0.6) is 0 Å².